The fraction of sp³-hybridized carbons (Fsp3) is 0.607. The van der Waals surface area contributed by atoms with E-state index in [1.165, 1.54) is 0 Å². The molecule has 0 fully saturated rings. The fourth-order valence-electron chi connectivity index (χ4n) is 4.23. The van der Waals surface area contributed by atoms with Crippen LogP contribution < -0.4 is 20.7 Å². The molecule has 2 heterocycles. The van der Waals surface area contributed by atoms with Gasteiger partial charge < -0.3 is 20.7 Å². The third-order valence-corrected chi connectivity index (χ3v) is 6.18. The standard InChI is InChI=1S/C28H44N4O4/c1-17(2)15-22-26(33)29-14-13-20-9-11-21(12-10-20)36-25(19(5)6)24(28(35)30-22)31-27(34)23(32(7)8)16-18(3)4/h9-14,17-19,22-25H,15-16H2,1-8H3,(H,29,33)(H,30,35)(H,31,34)/b14-13-/t22-,23+,24+,25-/m1/s1. The Hall–Kier alpha value is -2.87. The zero-order valence-electron chi connectivity index (χ0n) is 23.0. The van der Waals surface area contributed by atoms with Crippen molar-refractivity contribution in [3.05, 3.63) is 36.0 Å². The Morgan fingerprint density at radius 3 is 2.17 bits per heavy atom. The van der Waals surface area contributed by atoms with E-state index >= 15 is 0 Å². The lowest BCUT2D eigenvalue weighted by atomic mass is 9.95. The topological polar surface area (TPSA) is 99.8 Å². The summed E-state index contributed by atoms with van der Waals surface area (Å²) in [5.41, 5.74) is 0.901. The molecule has 0 spiro atoms. The summed E-state index contributed by atoms with van der Waals surface area (Å²) in [6, 6.07) is 5.25. The van der Waals surface area contributed by atoms with Crippen molar-refractivity contribution in [2.24, 2.45) is 17.8 Å². The molecule has 1 aromatic carbocycles. The molecule has 0 unspecified atom stereocenters. The van der Waals surface area contributed by atoms with Crippen molar-refractivity contribution in [2.75, 3.05) is 14.1 Å². The summed E-state index contributed by atoms with van der Waals surface area (Å²) in [6.45, 7) is 12.0. The van der Waals surface area contributed by atoms with E-state index in [1.54, 1.807) is 12.3 Å². The molecule has 0 aliphatic carbocycles. The first kappa shape index (κ1) is 29.4. The smallest absolute Gasteiger partial charge is 0.247 e. The lowest BCUT2D eigenvalue weighted by Crippen LogP contribution is -2.61. The molecule has 0 saturated heterocycles. The third-order valence-electron chi connectivity index (χ3n) is 6.18. The molecule has 4 atom stereocenters. The van der Waals surface area contributed by atoms with E-state index in [2.05, 4.69) is 29.8 Å². The maximum atomic E-state index is 13.7. The van der Waals surface area contributed by atoms with E-state index in [1.807, 2.05) is 71.0 Å². The third kappa shape index (κ3) is 8.66. The molecular weight excluding hydrogens is 456 g/mol. The molecule has 2 aliphatic rings. The highest BCUT2D eigenvalue weighted by Gasteiger charge is 2.38. The van der Waals surface area contributed by atoms with Gasteiger partial charge >= 0.3 is 0 Å². The SMILES string of the molecule is CC(C)C[C@H]1NC(=O)[C@@H](NC(=O)[C@H](CC(C)C)N(C)C)[C@@H](C(C)C)Oc2ccc(cc2)/C=C\NC1=O. The van der Waals surface area contributed by atoms with Gasteiger partial charge in [0.05, 0.1) is 6.04 Å². The minimum atomic E-state index is -0.993. The van der Waals surface area contributed by atoms with E-state index in [9.17, 15) is 14.4 Å². The second kappa shape index (κ2) is 13.4. The van der Waals surface area contributed by atoms with Gasteiger partial charge in [0, 0.05) is 6.20 Å². The summed E-state index contributed by atoms with van der Waals surface area (Å²) in [6.07, 6.45) is 3.82. The second-order valence-electron chi connectivity index (χ2n) is 11.0. The van der Waals surface area contributed by atoms with Gasteiger partial charge in [-0.05, 0) is 68.5 Å². The molecule has 2 aliphatic heterocycles. The zero-order valence-corrected chi connectivity index (χ0v) is 23.0. The van der Waals surface area contributed by atoms with Crippen molar-refractivity contribution in [3.63, 3.8) is 0 Å². The predicted octanol–water partition coefficient (Wildman–Crippen LogP) is 3.18. The van der Waals surface area contributed by atoms with Gasteiger partial charge in [-0.1, -0.05) is 53.7 Å². The van der Waals surface area contributed by atoms with Crippen molar-refractivity contribution < 1.29 is 19.1 Å². The lowest BCUT2D eigenvalue weighted by molar-refractivity contribution is -0.136. The van der Waals surface area contributed by atoms with E-state index in [0.29, 0.717) is 24.5 Å². The molecule has 2 bridgehead atoms. The number of hydrogen-bond acceptors (Lipinski definition) is 5. The average molecular weight is 501 g/mol. The summed E-state index contributed by atoms with van der Waals surface area (Å²) >= 11 is 0. The minimum Gasteiger partial charge on any atom is -0.487 e. The molecule has 3 rings (SSSR count). The second-order valence-corrected chi connectivity index (χ2v) is 11.0. The highest BCUT2D eigenvalue weighted by atomic mass is 16.5. The van der Waals surface area contributed by atoms with Gasteiger partial charge in [-0.15, -0.1) is 0 Å². The van der Waals surface area contributed by atoms with Crippen LogP contribution in [-0.4, -0.2) is 60.9 Å². The van der Waals surface area contributed by atoms with Crippen LogP contribution >= 0.6 is 0 Å². The molecule has 3 amide bonds. The van der Waals surface area contributed by atoms with E-state index in [0.717, 1.165) is 5.56 Å². The van der Waals surface area contributed by atoms with Gasteiger partial charge in [-0.25, -0.2) is 0 Å². The Labute approximate surface area is 216 Å². The summed E-state index contributed by atoms with van der Waals surface area (Å²) in [5, 5.41) is 8.67. The number of nitrogens with one attached hydrogen (secondary N) is 3. The number of fused-ring (bicyclic) bond motifs is 10. The van der Waals surface area contributed by atoms with E-state index in [-0.39, 0.29) is 23.7 Å². The Bertz CT molecular complexity index is 909. The Kier molecular flexibility index (Phi) is 11.0. The van der Waals surface area contributed by atoms with Gasteiger partial charge in [-0.2, -0.15) is 0 Å². The molecule has 3 N–H and O–H groups in total. The van der Waals surface area contributed by atoms with Crippen LogP contribution in [0, 0.1) is 17.8 Å². The van der Waals surface area contributed by atoms with Gasteiger partial charge in [-0.3, -0.25) is 19.3 Å². The summed E-state index contributed by atoms with van der Waals surface area (Å²) < 4.78 is 6.31. The highest BCUT2D eigenvalue weighted by Crippen LogP contribution is 2.21. The Balaban J connectivity index is 2.50. The van der Waals surface area contributed by atoms with Crippen molar-refractivity contribution in [1.82, 2.24) is 20.9 Å². The van der Waals surface area contributed by atoms with Crippen molar-refractivity contribution >= 4 is 23.8 Å². The number of ether oxygens (including phenoxy) is 1. The molecule has 200 valence electrons. The predicted molar refractivity (Wildman–Crippen MR) is 143 cm³/mol. The van der Waals surface area contributed by atoms with Crippen LogP contribution in [-0.2, 0) is 14.4 Å². The normalized spacial score (nSPS) is 22.7. The lowest BCUT2D eigenvalue weighted by Gasteiger charge is -2.34. The summed E-state index contributed by atoms with van der Waals surface area (Å²) in [4.78, 5) is 42.0. The summed E-state index contributed by atoms with van der Waals surface area (Å²) in [5.74, 6) is -0.0262. The van der Waals surface area contributed by atoms with Crippen LogP contribution in [0.5, 0.6) is 5.75 Å². The molecule has 1 aromatic rings. The molecule has 0 radical (unpaired) electrons. The molecule has 0 aromatic heterocycles. The minimum absolute atomic E-state index is 0.103. The molecule has 36 heavy (non-hydrogen) atoms. The van der Waals surface area contributed by atoms with Gasteiger partial charge in [0.15, 0.2) is 0 Å². The largest absolute Gasteiger partial charge is 0.487 e. The number of benzene rings is 1. The number of carbonyl (C=O) groups is 3. The number of nitrogens with zero attached hydrogens (tertiary/aromatic N) is 1. The van der Waals surface area contributed by atoms with Crippen LogP contribution in [0.3, 0.4) is 0 Å². The first-order chi connectivity index (χ1) is 16.9. The number of hydrogen-bond donors (Lipinski definition) is 3. The molecule has 8 nitrogen and oxygen atoms in total. The maximum absolute atomic E-state index is 13.7. The van der Waals surface area contributed by atoms with Crippen LogP contribution in [0.25, 0.3) is 6.08 Å². The Morgan fingerprint density at radius 1 is 1.00 bits per heavy atom. The number of rotatable bonds is 8. The average Bonchev–Trinajstić information content (AvgIpc) is 2.78. The van der Waals surface area contributed by atoms with Gasteiger partial charge in [0.25, 0.3) is 0 Å². The maximum Gasteiger partial charge on any atom is 0.247 e. The molecule has 0 saturated carbocycles. The first-order valence-corrected chi connectivity index (χ1v) is 12.9. The highest BCUT2D eigenvalue weighted by molar-refractivity contribution is 5.93. The summed E-state index contributed by atoms with van der Waals surface area (Å²) in [7, 11) is 3.71. The number of carbonyl (C=O) groups excluding carboxylic acids is 3. The van der Waals surface area contributed by atoms with Gasteiger partial charge in [0.1, 0.15) is 23.9 Å². The Morgan fingerprint density at radius 2 is 1.64 bits per heavy atom. The monoisotopic (exact) mass is 500 g/mol. The molecular formula is C28H44N4O4. The van der Waals surface area contributed by atoms with Crippen molar-refractivity contribution in [2.45, 2.75) is 78.6 Å². The number of amides is 3. The van der Waals surface area contributed by atoms with E-state index in [4.69, 9.17) is 4.74 Å². The van der Waals surface area contributed by atoms with Crippen LogP contribution in [0.2, 0.25) is 0 Å². The van der Waals surface area contributed by atoms with Crippen LogP contribution in [0.4, 0.5) is 0 Å². The quantitative estimate of drug-likeness (QED) is 0.509. The fourth-order valence-corrected chi connectivity index (χ4v) is 4.23. The first-order valence-electron chi connectivity index (χ1n) is 12.9. The van der Waals surface area contributed by atoms with E-state index < -0.39 is 30.1 Å². The van der Waals surface area contributed by atoms with Crippen LogP contribution in [0.15, 0.2) is 30.5 Å². The zero-order chi connectivity index (χ0) is 27.0. The molecule has 8 heteroatoms. The van der Waals surface area contributed by atoms with Crippen molar-refractivity contribution in [3.8, 4) is 5.75 Å². The van der Waals surface area contributed by atoms with Gasteiger partial charge in [0.2, 0.25) is 17.7 Å². The van der Waals surface area contributed by atoms with Crippen LogP contribution in [0.1, 0.15) is 59.9 Å². The number of likely N-dealkylation sites (N-methyl/N-ethyl adjacent to an activating group) is 1. The van der Waals surface area contributed by atoms with Crippen molar-refractivity contribution in [1.29, 1.82) is 0 Å².